The van der Waals surface area contributed by atoms with Crippen LogP contribution >= 0.6 is 11.3 Å². The molecular formula is C14H26N2S. The van der Waals surface area contributed by atoms with Crippen LogP contribution in [0.3, 0.4) is 0 Å². The maximum Gasteiger partial charge on any atom is 0.0957 e. The van der Waals surface area contributed by atoms with Gasteiger partial charge in [-0.1, -0.05) is 41.5 Å². The Morgan fingerprint density at radius 3 is 2.18 bits per heavy atom. The van der Waals surface area contributed by atoms with E-state index in [0.717, 1.165) is 13.1 Å². The Hall–Kier alpha value is -0.410. The second-order valence-corrected chi connectivity index (χ2v) is 6.81. The molecule has 0 aliphatic rings. The lowest BCUT2D eigenvalue weighted by atomic mass is 10.1. The molecule has 1 rings (SSSR count). The molecule has 17 heavy (non-hydrogen) atoms. The summed E-state index contributed by atoms with van der Waals surface area (Å²) in [5, 5.41) is 4.79. The molecule has 0 unspecified atom stereocenters. The summed E-state index contributed by atoms with van der Waals surface area (Å²) in [5.41, 5.74) is 1.29. The van der Waals surface area contributed by atoms with Gasteiger partial charge in [-0.15, -0.1) is 11.3 Å². The molecule has 0 spiro atoms. The number of rotatable bonds is 6. The number of hydrogen-bond donors (Lipinski definition) is 1. The highest BCUT2D eigenvalue weighted by Crippen LogP contribution is 2.29. The summed E-state index contributed by atoms with van der Waals surface area (Å²) in [6.07, 6.45) is 0. The molecule has 1 aromatic heterocycles. The Bertz CT molecular complexity index is 340. The molecule has 98 valence electrons. The van der Waals surface area contributed by atoms with E-state index >= 15 is 0 Å². The minimum atomic E-state index is 0.523. The van der Waals surface area contributed by atoms with E-state index in [1.165, 1.54) is 15.6 Å². The van der Waals surface area contributed by atoms with Crippen molar-refractivity contribution in [1.29, 1.82) is 0 Å². The van der Waals surface area contributed by atoms with Gasteiger partial charge in [-0.25, -0.2) is 4.98 Å². The first-order chi connectivity index (χ1) is 7.91. The third kappa shape index (κ3) is 4.40. The van der Waals surface area contributed by atoms with Gasteiger partial charge in [0.2, 0.25) is 0 Å². The lowest BCUT2D eigenvalue weighted by Crippen LogP contribution is -2.19. The molecule has 0 radical (unpaired) electrons. The van der Waals surface area contributed by atoms with Crippen LogP contribution in [0.25, 0.3) is 0 Å². The molecule has 0 aliphatic carbocycles. The summed E-state index contributed by atoms with van der Waals surface area (Å²) in [5.74, 6) is 1.76. The lowest BCUT2D eigenvalue weighted by molar-refractivity contribution is 0.552. The summed E-state index contributed by atoms with van der Waals surface area (Å²) in [6.45, 7) is 15.4. The number of aromatic nitrogens is 1. The van der Waals surface area contributed by atoms with Gasteiger partial charge in [-0.2, -0.15) is 0 Å². The van der Waals surface area contributed by atoms with E-state index < -0.39 is 0 Å². The van der Waals surface area contributed by atoms with E-state index in [1.54, 1.807) is 0 Å². The molecule has 0 saturated carbocycles. The van der Waals surface area contributed by atoms with Gasteiger partial charge in [0.05, 0.1) is 10.7 Å². The molecule has 1 heterocycles. The Morgan fingerprint density at radius 1 is 1.06 bits per heavy atom. The molecule has 3 heteroatoms. The standard InChI is InChI=1S/C14H26N2S/c1-9(2)7-15-8-12-13(10(3)4)16-14(17-12)11(5)6/h9-11,15H,7-8H2,1-6H3. The average molecular weight is 254 g/mol. The Labute approximate surface area is 110 Å². The molecule has 0 fully saturated rings. The molecule has 1 N–H and O–H groups in total. The zero-order valence-corrected chi connectivity index (χ0v) is 12.8. The molecule has 2 nitrogen and oxygen atoms in total. The Balaban J connectivity index is 2.74. The average Bonchev–Trinajstić information content (AvgIpc) is 2.61. The molecule has 0 aliphatic heterocycles. The van der Waals surface area contributed by atoms with Gasteiger partial charge in [-0.3, -0.25) is 0 Å². The van der Waals surface area contributed by atoms with Crippen LogP contribution in [0.4, 0.5) is 0 Å². The van der Waals surface area contributed by atoms with Gasteiger partial charge < -0.3 is 5.32 Å². The van der Waals surface area contributed by atoms with Crippen molar-refractivity contribution in [3.8, 4) is 0 Å². The summed E-state index contributed by atoms with van der Waals surface area (Å²) in [4.78, 5) is 6.21. The Morgan fingerprint density at radius 2 is 1.71 bits per heavy atom. The fourth-order valence-electron chi connectivity index (χ4n) is 1.68. The highest BCUT2D eigenvalue weighted by atomic mass is 32.1. The summed E-state index contributed by atoms with van der Waals surface area (Å²) in [6, 6.07) is 0. The molecule has 0 bridgehead atoms. The maximum atomic E-state index is 4.79. The van der Waals surface area contributed by atoms with E-state index in [0.29, 0.717) is 17.8 Å². The van der Waals surface area contributed by atoms with Crippen molar-refractivity contribution in [2.24, 2.45) is 5.92 Å². The van der Waals surface area contributed by atoms with Crippen molar-refractivity contribution in [2.45, 2.75) is 59.9 Å². The number of nitrogens with one attached hydrogen (secondary N) is 1. The van der Waals surface area contributed by atoms with Crippen LogP contribution in [0.5, 0.6) is 0 Å². The highest BCUT2D eigenvalue weighted by molar-refractivity contribution is 7.11. The zero-order chi connectivity index (χ0) is 13.0. The van der Waals surface area contributed by atoms with Crippen LogP contribution in [0.1, 0.15) is 69.0 Å². The fraction of sp³-hybridized carbons (Fsp3) is 0.786. The SMILES string of the molecule is CC(C)CNCc1sc(C(C)C)nc1C(C)C. The quantitative estimate of drug-likeness (QED) is 0.825. The maximum absolute atomic E-state index is 4.79. The van der Waals surface area contributed by atoms with Crippen LogP contribution in [-0.4, -0.2) is 11.5 Å². The molecule has 1 aromatic rings. The van der Waals surface area contributed by atoms with Crippen LogP contribution in [0, 0.1) is 5.92 Å². The summed E-state index contributed by atoms with van der Waals surface area (Å²) < 4.78 is 0. The first-order valence-corrected chi connectivity index (χ1v) is 7.43. The van der Waals surface area contributed by atoms with Crippen LogP contribution in [0.2, 0.25) is 0 Å². The molecule has 0 amide bonds. The van der Waals surface area contributed by atoms with Crippen molar-refractivity contribution in [3.63, 3.8) is 0 Å². The van der Waals surface area contributed by atoms with Gasteiger partial charge in [0.1, 0.15) is 0 Å². The van der Waals surface area contributed by atoms with E-state index in [4.69, 9.17) is 4.98 Å². The predicted octanol–water partition coefficient (Wildman–Crippen LogP) is 4.14. The second-order valence-electron chi connectivity index (χ2n) is 5.69. The normalized spacial score (nSPS) is 12.1. The second kappa shape index (κ2) is 6.50. The molecule has 0 atom stereocenters. The zero-order valence-electron chi connectivity index (χ0n) is 12.0. The largest absolute Gasteiger partial charge is 0.312 e. The molecule has 0 aromatic carbocycles. The van der Waals surface area contributed by atoms with Gasteiger partial charge >= 0.3 is 0 Å². The first kappa shape index (κ1) is 14.7. The van der Waals surface area contributed by atoms with Crippen LogP contribution in [0.15, 0.2) is 0 Å². The first-order valence-electron chi connectivity index (χ1n) is 6.62. The topological polar surface area (TPSA) is 24.9 Å². The van der Waals surface area contributed by atoms with Gasteiger partial charge in [0.15, 0.2) is 0 Å². The molecular weight excluding hydrogens is 228 g/mol. The minimum absolute atomic E-state index is 0.523. The van der Waals surface area contributed by atoms with Crippen molar-refractivity contribution in [3.05, 3.63) is 15.6 Å². The van der Waals surface area contributed by atoms with Gasteiger partial charge in [0.25, 0.3) is 0 Å². The van der Waals surface area contributed by atoms with Crippen molar-refractivity contribution in [1.82, 2.24) is 10.3 Å². The number of nitrogens with zero attached hydrogens (tertiary/aromatic N) is 1. The third-order valence-corrected chi connectivity index (χ3v) is 3.99. The number of thiazole rings is 1. The van der Waals surface area contributed by atoms with Gasteiger partial charge in [0, 0.05) is 17.3 Å². The monoisotopic (exact) mass is 254 g/mol. The van der Waals surface area contributed by atoms with Crippen molar-refractivity contribution in [2.75, 3.05) is 6.54 Å². The number of hydrogen-bond acceptors (Lipinski definition) is 3. The van der Waals surface area contributed by atoms with E-state index in [9.17, 15) is 0 Å². The molecule has 0 saturated heterocycles. The van der Waals surface area contributed by atoms with Crippen molar-refractivity contribution >= 4 is 11.3 Å². The summed E-state index contributed by atoms with van der Waals surface area (Å²) >= 11 is 1.87. The van der Waals surface area contributed by atoms with E-state index in [1.807, 2.05) is 11.3 Å². The van der Waals surface area contributed by atoms with Crippen molar-refractivity contribution < 1.29 is 0 Å². The fourth-order valence-corrected chi connectivity index (χ4v) is 2.87. The summed E-state index contributed by atoms with van der Waals surface area (Å²) in [7, 11) is 0. The van der Waals surface area contributed by atoms with E-state index in [-0.39, 0.29) is 0 Å². The smallest absolute Gasteiger partial charge is 0.0957 e. The predicted molar refractivity (Wildman–Crippen MR) is 76.8 cm³/mol. The third-order valence-electron chi connectivity index (χ3n) is 2.62. The van der Waals surface area contributed by atoms with Crippen LogP contribution in [-0.2, 0) is 6.54 Å². The van der Waals surface area contributed by atoms with Gasteiger partial charge in [-0.05, 0) is 18.4 Å². The van der Waals surface area contributed by atoms with Crippen LogP contribution < -0.4 is 5.32 Å². The minimum Gasteiger partial charge on any atom is -0.312 e. The Kier molecular flexibility index (Phi) is 5.60. The highest BCUT2D eigenvalue weighted by Gasteiger charge is 2.15. The lowest BCUT2D eigenvalue weighted by Gasteiger charge is -2.08. The van der Waals surface area contributed by atoms with E-state index in [2.05, 4.69) is 46.9 Å².